The Bertz CT molecular complexity index is 540. The van der Waals surface area contributed by atoms with Crippen molar-refractivity contribution in [3.63, 3.8) is 0 Å². The molecule has 6 nitrogen and oxygen atoms in total. The summed E-state index contributed by atoms with van der Waals surface area (Å²) in [6, 6.07) is 3.54. The van der Waals surface area contributed by atoms with Crippen molar-refractivity contribution in [1.82, 2.24) is 4.98 Å². The molecule has 6 heteroatoms. The van der Waals surface area contributed by atoms with E-state index in [-0.39, 0.29) is 29.1 Å². The first-order valence-corrected chi connectivity index (χ1v) is 7.07. The number of nitro groups is 1. The molecule has 0 aromatic carbocycles. The highest BCUT2D eigenvalue weighted by molar-refractivity contribution is 5.41. The maximum absolute atomic E-state index is 11.1. The van der Waals surface area contributed by atoms with Crippen LogP contribution < -0.4 is 10.5 Å². The van der Waals surface area contributed by atoms with Gasteiger partial charge >= 0.3 is 5.82 Å². The Hall–Kier alpha value is -1.69. The van der Waals surface area contributed by atoms with Crippen LogP contribution in [0.15, 0.2) is 12.1 Å². The van der Waals surface area contributed by atoms with Crippen LogP contribution in [0, 0.1) is 22.5 Å². The first-order valence-electron chi connectivity index (χ1n) is 7.07. The number of rotatable bonds is 3. The minimum absolute atomic E-state index is 0.0109. The highest BCUT2D eigenvalue weighted by Gasteiger charge is 2.56. The molecule has 0 saturated heterocycles. The second kappa shape index (κ2) is 4.70. The van der Waals surface area contributed by atoms with Gasteiger partial charge in [0, 0.05) is 24.8 Å². The maximum Gasteiger partial charge on any atom is 0.406 e. The van der Waals surface area contributed by atoms with Gasteiger partial charge in [-0.2, -0.15) is 0 Å². The summed E-state index contributed by atoms with van der Waals surface area (Å²) in [6.45, 7) is 1.73. The molecular formula is C14H19N3O3. The zero-order chi connectivity index (χ0) is 14.3. The second-order valence-electron chi connectivity index (χ2n) is 5.92. The molecule has 2 fully saturated rings. The lowest BCUT2D eigenvalue weighted by atomic mass is 9.61. The predicted octanol–water partition coefficient (Wildman–Crippen LogP) is 2.34. The molecule has 1 aromatic heterocycles. The van der Waals surface area contributed by atoms with Gasteiger partial charge in [-0.05, 0) is 34.9 Å². The number of hydrogen-bond donors (Lipinski definition) is 1. The number of pyridine rings is 1. The Morgan fingerprint density at radius 1 is 1.45 bits per heavy atom. The van der Waals surface area contributed by atoms with Gasteiger partial charge in [-0.1, -0.05) is 12.8 Å². The summed E-state index contributed by atoms with van der Waals surface area (Å²) >= 11 is 0. The van der Waals surface area contributed by atoms with Crippen LogP contribution in [0.25, 0.3) is 0 Å². The lowest BCUT2D eigenvalue weighted by molar-refractivity contribution is -0.391. The monoisotopic (exact) mass is 277 g/mol. The van der Waals surface area contributed by atoms with E-state index in [0.717, 1.165) is 19.3 Å². The molecule has 1 aromatic rings. The molecule has 0 amide bonds. The van der Waals surface area contributed by atoms with Gasteiger partial charge in [-0.3, -0.25) is 0 Å². The molecule has 0 radical (unpaired) electrons. The molecule has 2 N–H and O–H groups in total. The molecule has 108 valence electrons. The van der Waals surface area contributed by atoms with E-state index in [1.54, 1.807) is 19.1 Å². The summed E-state index contributed by atoms with van der Waals surface area (Å²) in [5, 5.41) is 11.1. The summed E-state index contributed by atoms with van der Waals surface area (Å²) in [5.74, 6) is 0.0717. The third-order valence-corrected chi connectivity index (χ3v) is 4.80. The second-order valence-corrected chi connectivity index (χ2v) is 5.92. The zero-order valence-electron chi connectivity index (χ0n) is 11.5. The van der Waals surface area contributed by atoms with E-state index in [2.05, 4.69) is 4.98 Å². The van der Waals surface area contributed by atoms with E-state index >= 15 is 0 Å². The van der Waals surface area contributed by atoms with Crippen molar-refractivity contribution in [2.75, 3.05) is 0 Å². The van der Waals surface area contributed by atoms with Gasteiger partial charge in [0.1, 0.15) is 11.8 Å². The van der Waals surface area contributed by atoms with Crippen molar-refractivity contribution in [3.8, 4) is 5.75 Å². The summed E-state index contributed by atoms with van der Waals surface area (Å²) < 4.78 is 5.92. The zero-order valence-corrected chi connectivity index (χ0v) is 11.5. The Labute approximate surface area is 117 Å². The summed E-state index contributed by atoms with van der Waals surface area (Å²) in [7, 11) is 0. The van der Waals surface area contributed by atoms with Crippen molar-refractivity contribution < 1.29 is 9.66 Å². The fourth-order valence-corrected chi connectivity index (χ4v) is 3.58. The van der Waals surface area contributed by atoms with E-state index < -0.39 is 4.92 Å². The molecule has 1 spiro atoms. The Kier molecular flexibility index (Phi) is 3.12. The molecule has 2 aliphatic carbocycles. The van der Waals surface area contributed by atoms with Gasteiger partial charge in [0.2, 0.25) is 5.75 Å². The SMILES string of the molecule is Cc1ccc(OC2CC(N)C23CCCC3)c([N+](=O)[O-])n1. The van der Waals surface area contributed by atoms with Crippen molar-refractivity contribution in [2.45, 2.75) is 51.2 Å². The van der Waals surface area contributed by atoms with Crippen LogP contribution >= 0.6 is 0 Å². The average Bonchev–Trinajstić information content (AvgIpc) is 2.92. The van der Waals surface area contributed by atoms with Crippen LogP contribution in [0.4, 0.5) is 5.82 Å². The highest BCUT2D eigenvalue weighted by atomic mass is 16.6. The summed E-state index contributed by atoms with van der Waals surface area (Å²) in [4.78, 5) is 14.6. The fourth-order valence-electron chi connectivity index (χ4n) is 3.58. The molecule has 2 aliphatic rings. The minimum atomic E-state index is -0.484. The predicted molar refractivity (Wildman–Crippen MR) is 73.5 cm³/mol. The largest absolute Gasteiger partial charge is 0.482 e. The van der Waals surface area contributed by atoms with E-state index in [9.17, 15) is 10.1 Å². The van der Waals surface area contributed by atoms with Crippen LogP contribution in [0.3, 0.4) is 0 Å². The molecule has 2 unspecified atom stereocenters. The van der Waals surface area contributed by atoms with Gasteiger partial charge in [0.05, 0.1) is 0 Å². The van der Waals surface area contributed by atoms with Gasteiger partial charge < -0.3 is 20.6 Å². The first-order chi connectivity index (χ1) is 9.53. The number of nitrogens with zero attached hydrogens (tertiary/aromatic N) is 2. The van der Waals surface area contributed by atoms with Crippen LogP contribution in [-0.2, 0) is 0 Å². The van der Waals surface area contributed by atoms with E-state index in [1.165, 1.54) is 12.8 Å². The van der Waals surface area contributed by atoms with Crippen molar-refractivity contribution in [3.05, 3.63) is 27.9 Å². The summed E-state index contributed by atoms with van der Waals surface area (Å²) in [6.07, 6.45) is 5.22. The molecule has 3 rings (SSSR count). The number of nitrogens with two attached hydrogens (primary N) is 1. The van der Waals surface area contributed by atoms with E-state index in [0.29, 0.717) is 5.69 Å². The lowest BCUT2D eigenvalue weighted by Gasteiger charge is -2.51. The third-order valence-electron chi connectivity index (χ3n) is 4.80. The van der Waals surface area contributed by atoms with Gasteiger partial charge in [-0.25, -0.2) is 0 Å². The Morgan fingerprint density at radius 3 is 2.75 bits per heavy atom. The van der Waals surface area contributed by atoms with Crippen LogP contribution in [0.5, 0.6) is 5.75 Å². The molecule has 2 saturated carbocycles. The number of aryl methyl sites for hydroxylation is 1. The smallest absolute Gasteiger partial charge is 0.406 e. The normalized spacial score (nSPS) is 27.3. The minimum Gasteiger partial charge on any atom is -0.482 e. The maximum atomic E-state index is 11.1. The number of aromatic nitrogens is 1. The Balaban J connectivity index is 1.84. The van der Waals surface area contributed by atoms with Crippen molar-refractivity contribution in [1.29, 1.82) is 0 Å². The highest BCUT2D eigenvalue weighted by Crippen LogP contribution is 2.54. The Morgan fingerprint density at radius 2 is 2.15 bits per heavy atom. The van der Waals surface area contributed by atoms with Crippen LogP contribution in [0.2, 0.25) is 0 Å². The quantitative estimate of drug-likeness (QED) is 0.676. The fraction of sp³-hybridized carbons (Fsp3) is 0.643. The molecule has 0 bridgehead atoms. The van der Waals surface area contributed by atoms with Gasteiger partial charge in [0.15, 0.2) is 0 Å². The number of hydrogen-bond acceptors (Lipinski definition) is 5. The van der Waals surface area contributed by atoms with Crippen molar-refractivity contribution in [2.24, 2.45) is 11.1 Å². The van der Waals surface area contributed by atoms with E-state index in [1.807, 2.05) is 0 Å². The lowest BCUT2D eigenvalue weighted by Crippen LogP contribution is -2.62. The van der Waals surface area contributed by atoms with Crippen LogP contribution in [0.1, 0.15) is 37.8 Å². The standard InChI is InChI=1S/C14H19N3O3/c1-9-4-5-10(13(16-9)17(18)19)20-12-8-11(15)14(12)6-2-3-7-14/h4-5,11-12H,2-3,6-8,15H2,1H3. The average molecular weight is 277 g/mol. The van der Waals surface area contributed by atoms with Gasteiger partial charge in [-0.15, -0.1) is 0 Å². The van der Waals surface area contributed by atoms with Crippen molar-refractivity contribution >= 4 is 5.82 Å². The molecular weight excluding hydrogens is 258 g/mol. The van der Waals surface area contributed by atoms with Crippen LogP contribution in [-0.4, -0.2) is 22.1 Å². The molecule has 0 aliphatic heterocycles. The molecule has 2 atom stereocenters. The van der Waals surface area contributed by atoms with E-state index in [4.69, 9.17) is 10.5 Å². The first kappa shape index (κ1) is 13.3. The molecule has 20 heavy (non-hydrogen) atoms. The number of ether oxygens (including phenoxy) is 1. The summed E-state index contributed by atoms with van der Waals surface area (Å²) in [5.41, 5.74) is 6.80. The molecule has 1 heterocycles. The van der Waals surface area contributed by atoms with Gasteiger partial charge in [0.25, 0.3) is 0 Å². The third kappa shape index (κ3) is 1.95. The topological polar surface area (TPSA) is 91.3 Å².